The second-order valence-corrected chi connectivity index (χ2v) is 4.84. The lowest BCUT2D eigenvalue weighted by Crippen LogP contribution is -2.34. The van der Waals surface area contributed by atoms with Crippen LogP contribution in [0.15, 0.2) is 25.3 Å². The molecular weight excluding hydrogens is 200 g/mol. The zero-order valence-electron chi connectivity index (χ0n) is 8.57. The van der Waals surface area contributed by atoms with E-state index < -0.39 is 10.0 Å². The molecule has 0 unspecified atom stereocenters. The van der Waals surface area contributed by atoms with Crippen molar-refractivity contribution in [2.75, 3.05) is 32.4 Å². The molecule has 14 heavy (non-hydrogen) atoms. The van der Waals surface area contributed by atoms with E-state index in [0.29, 0.717) is 13.1 Å². The molecule has 0 bridgehead atoms. The Hall–Kier alpha value is -0.650. The molecule has 0 heterocycles. The standard InChI is InChI=1S/C9H18N2O2S/c1-4-7-11(8-5-2)9-6-10-14(3,12)13/h4-5,10H,1-2,6-9H2,3H3. The van der Waals surface area contributed by atoms with Gasteiger partial charge in [-0.15, -0.1) is 13.2 Å². The molecule has 0 aliphatic rings. The summed E-state index contributed by atoms with van der Waals surface area (Å²) in [4.78, 5) is 2.04. The third-order valence-electron chi connectivity index (χ3n) is 1.57. The van der Waals surface area contributed by atoms with Gasteiger partial charge in [0.25, 0.3) is 0 Å². The van der Waals surface area contributed by atoms with Crippen LogP contribution in [0.3, 0.4) is 0 Å². The highest BCUT2D eigenvalue weighted by Crippen LogP contribution is 1.88. The fourth-order valence-electron chi connectivity index (χ4n) is 1.01. The molecule has 0 aromatic heterocycles. The first-order chi connectivity index (χ1) is 6.49. The van der Waals surface area contributed by atoms with E-state index in [-0.39, 0.29) is 0 Å². The van der Waals surface area contributed by atoms with Crippen LogP contribution < -0.4 is 4.72 Å². The number of hydrogen-bond donors (Lipinski definition) is 1. The van der Waals surface area contributed by atoms with E-state index in [2.05, 4.69) is 17.9 Å². The average Bonchev–Trinajstić information content (AvgIpc) is 2.02. The van der Waals surface area contributed by atoms with Crippen molar-refractivity contribution < 1.29 is 8.42 Å². The summed E-state index contributed by atoms with van der Waals surface area (Å²) >= 11 is 0. The number of rotatable bonds is 8. The molecule has 4 nitrogen and oxygen atoms in total. The summed E-state index contributed by atoms with van der Waals surface area (Å²) in [5.41, 5.74) is 0. The van der Waals surface area contributed by atoms with Gasteiger partial charge in [0.15, 0.2) is 0 Å². The Morgan fingerprint density at radius 2 is 1.79 bits per heavy atom. The van der Waals surface area contributed by atoms with Crippen molar-refractivity contribution in [2.45, 2.75) is 0 Å². The first kappa shape index (κ1) is 13.4. The predicted molar refractivity (Wildman–Crippen MR) is 59.7 cm³/mol. The Bertz CT molecular complexity index is 263. The van der Waals surface area contributed by atoms with E-state index in [1.54, 1.807) is 12.2 Å². The summed E-state index contributed by atoms with van der Waals surface area (Å²) in [6.45, 7) is 9.79. The van der Waals surface area contributed by atoms with Gasteiger partial charge in [0.2, 0.25) is 10.0 Å². The van der Waals surface area contributed by atoms with Crippen LogP contribution in [0.5, 0.6) is 0 Å². The minimum Gasteiger partial charge on any atom is -0.295 e. The van der Waals surface area contributed by atoms with Gasteiger partial charge in [-0.2, -0.15) is 0 Å². The van der Waals surface area contributed by atoms with Crippen molar-refractivity contribution in [2.24, 2.45) is 0 Å². The van der Waals surface area contributed by atoms with Crippen LogP contribution in [0.4, 0.5) is 0 Å². The Kier molecular flexibility index (Phi) is 6.44. The van der Waals surface area contributed by atoms with Gasteiger partial charge in [0.05, 0.1) is 6.26 Å². The fraction of sp³-hybridized carbons (Fsp3) is 0.556. The second-order valence-electron chi connectivity index (χ2n) is 3.00. The number of sulfonamides is 1. The fourth-order valence-corrected chi connectivity index (χ4v) is 1.47. The van der Waals surface area contributed by atoms with E-state index in [1.807, 2.05) is 4.90 Å². The van der Waals surface area contributed by atoms with Crippen LogP contribution in [0.2, 0.25) is 0 Å². The third kappa shape index (κ3) is 7.97. The van der Waals surface area contributed by atoms with Crippen molar-refractivity contribution in [1.82, 2.24) is 9.62 Å². The Morgan fingerprint density at radius 3 is 2.14 bits per heavy atom. The summed E-state index contributed by atoms with van der Waals surface area (Å²) in [6.07, 6.45) is 4.71. The predicted octanol–water partition coefficient (Wildman–Crippen LogP) is 0.210. The molecule has 0 saturated heterocycles. The molecule has 0 aliphatic carbocycles. The molecule has 0 atom stereocenters. The minimum absolute atomic E-state index is 0.417. The molecule has 0 aromatic carbocycles. The molecule has 0 amide bonds. The number of nitrogens with zero attached hydrogens (tertiary/aromatic N) is 1. The molecule has 5 heteroatoms. The lowest BCUT2D eigenvalue weighted by atomic mass is 10.4. The first-order valence-electron chi connectivity index (χ1n) is 4.38. The van der Waals surface area contributed by atoms with Gasteiger partial charge in [-0.25, -0.2) is 13.1 Å². The van der Waals surface area contributed by atoms with Crippen LogP contribution in [-0.2, 0) is 10.0 Å². The quantitative estimate of drug-likeness (QED) is 0.593. The van der Waals surface area contributed by atoms with Gasteiger partial charge in [-0.05, 0) is 0 Å². The van der Waals surface area contributed by atoms with E-state index in [4.69, 9.17) is 0 Å². The maximum Gasteiger partial charge on any atom is 0.208 e. The Labute approximate surface area is 86.4 Å². The largest absolute Gasteiger partial charge is 0.295 e. The third-order valence-corrected chi connectivity index (χ3v) is 2.30. The lowest BCUT2D eigenvalue weighted by molar-refractivity contribution is 0.340. The summed E-state index contributed by atoms with van der Waals surface area (Å²) in [6, 6.07) is 0. The molecular formula is C9H18N2O2S. The zero-order valence-corrected chi connectivity index (χ0v) is 9.39. The first-order valence-corrected chi connectivity index (χ1v) is 6.27. The van der Waals surface area contributed by atoms with Crippen molar-refractivity contribution >= 4 is 10.0 Å². The molecule has 0 spiro atoms. The van der Waals surface area contributed by atoms with E-state index in [9.17, 15) is 8.42 Å². The van der Waals surface area contributed by atoms with Gasteiger partial charge < -0.3 is 0 Å². The van der Waals surface area contributed by atoms with E-state index in [0.717, 1.165) is 19.3 Å². The van der Waals surface area contributed by atoms with Gasteiger partial charge in [-0.1, -0.05) is 12.2 Å². The smallest absolute Gasteiger partial charge is 0.208 e. The maximum absolute atomic E-state index is 10.8. The average molecular weight is 218 g/mol. The van der Waals surface area contributed by atoms with Crippen molar-refractivity contribution in [3.63, 3.8) is 0 Å². The maximum atomic E-state index is 10.8. The van der Waals surface area contributed by atoms with Crippen LogP contribution in [0.25, 0.3) is 0 Å². The van der Waals surface area contributed by atoms with E-state index in [1.165, 1.54) is 0 Å². The summed E-state index contributed by atoms with van der Waals surface area (Å²) < 4.78 is 23.9. The molecule has 82 valence electrons. The molecule has 0 saturated carbocycles. The summed E-state index contributed by atoms with van der Waals surface area (Å²) in [5.74, 6) is 0. The Morgan fingerprint density at radius 1 is 1.29 bits per heavy atom. The van der Waals surface area contributed by atoms with Crippen molar-refractivity contribution in [3.8, 4) is 0 Å². The van der Waals surface area contributed by atoms with E-state index >= 15 is 0 Å². The molecule has 0 aliphatic heterocycles. The van der Waals surface area contributed by atoms with Crippen molar-refractivity contribution in [3.05, 3.63) is 25.3 Å². The summed E-state index contributed by atoms with van der Waals surface area (Å²) in [7, 11) is -3.08. The van der Waals surface area contributed by atoms with Gasteiger partial charge in [0.1, 0.15) is 0 Å². The van der Waals surface area contributed by atoms with Crippen LogP contribution in [-0.4, -0.2) is 45.8 Å². The van der Waals surface area contributed by atoms with Crippen LogP contribution in [0, 0.1) is 0 Å². The van der Waals surface area contributed by atoms with Crippen LogP contribution >= 0.6 is 0 Å². The number of nitrogens with one attached hydrogen (secondary N) is 1. The summed E-state index contributed by atoms with van der Waals surface area (Å²) in [5, 5.41) is 0. The van der Waals surface area contributed by atoms with Gasteiger partial charge in [-0.3, -0.25) is 4.90 Å². The molecule has 0 fully saturated rings. The monoisotopic (exact) mass is 218 g/mol. The lowest BCUT2D eigenvalue weighted by Gasteiger charge is -2.18. The minimum atomic E-state index is -3.08. The molecule has 0 aromatic rings. The second kappa shape index (κ2) is 6.75. The Balaban J connectivity index is 3.81. The normalized spacial score (nSPS) is 11.6. The SMILES string of the molecule is C=CCN(CC=C)CCNS(C)(=O)=O. The van der Waals surface area contributed by atoms with Crippen molar-refractivity contribution in [1.29, 1.82) is 0 Å². The highest BCUT2D eigenvalue weighted by molar-refractivity contribution is 7.88. The highest BCUT2D eigenvalue weighted by atomic mass is 32.2. The van der Waals surface area contributed by atoms with Gasteiger partial charge in [0, 0.05) is 26.2 Å². The molecule has 0 radical (unpaired) electrons. The zero-order chi connectivity index (χ0) is 11.0. The topological polar surface area (TPSA) is 49.4 Å². The van der Waals surface area contributed by atoms with Gasteiger partial charge >= 0.3 is 0 Å². The van der Waals surface area contributed by atoms with Crippen LogP contribution in [0.1, 0.15) is 0 Å². The number of hydrogen-bond acceptors (Lipinski definition) is 3. The molecule has 0 rings (SSSR count). The molecule has 1 N–H and O–H groups in total. The highest BCUT2D eigenvalue weighted by Gasteiger charge is 2.03.